The molecule has 2 aromatic rings. The lowest BCUT2D eigenvalue weighted by Crippen LogP contribution is -2.44. The highest BCUT2D eigenvalue weighted by atomic mass is 16.5. The predicted octanol–water partition coefficient (Wildman–Crippen LogP) is 2.09. The molecule has 2 saturated heterocycles. The number of H-pyrrole nitrogens is 1. The standard InChI is InChI=1S/C18H23N7O2/c1-13-12-27-10-7-25(13)16-11-14(18(19-2)4-8-26-9-5-18)21-17(23-16)22-15-3-6-20-24-15/h3,6,11,13H,4-5,7-10,12H2,1H3,(H2,20,21,22,23,24)/t13-/m1/s1. The predicted molar refractivity (Wildman–Crippen MR) is 99.9 cm³/mol. The number of aromatic nitrogens is 4. The van der Waals surface area contributed by atoms with Crippen LogP contribution < -0.4 is 10.2 Å². The lowest BCUT2D eigenvalue weighted by atomic mass is 9.87. The zero-order chi connectivity index (χ0) is 18.7. The number of ether oxygens (including phenoxy) is 2. The van der Waals surface area contributed by atoms with E-state index >= 15 is 0 Å². The number of nitrogens with one attached hydrogen (secondary N) is 2. The van der Waals surface area contributed by atoms with Gasteiger partial charge in [-0.1, -0.05) is 0 Å². The Morgan fingerprint density at radius 2 is 2.15 bits per heavy atom. The maximum absolute atomic E-state index is 7.84. The van der Waals surface area contributed by atoms with Gasteiger partial charge in [0.05, 0.1) is 51.5 Å². The molecule has 27 heavy (non-hydrogen) atoms. The fourth-order valence-corrected chi connectivity index (χ4v) is 3.52. The van der Waals surface area contributed by atoms with Gasteiger partial charge in [0.25, 0.3) is 5.54 Å². The third-order valence-corrected chi connectivity index (χ3v) is 5.13. The molecule has 0 bridgehead atoms. The summed E-state index contributed by atoms with van der Waals surface area (Å²) in [7, 11) is 0. The van der Waals surface area contributed by atoms with E-state index in [-0.39, 0.29) is 6.04 Å². The largest absolute Gasteiger partial charge is 0.381 e. The molecule has 0 aliphatic carbocycles. The van der Waals surface area contributed by atoms with Gasteiger partial charge in [-0.3, -0.25) is 5.10 Å². The molecule has 2 aliphatic heterocycles. The van der Waals surface area contributed by atoms with Gasteiger partial charge in [0, 0.05) is 18.7 Å². The van der Waals surface area contributed by atoms with Crippen LogP contribution in [-0.4, -0.2) is 59.2 Å². The first kappa shape index (κ1) is 17.7. The normalized spacial score (nSPS) is 22.2. The summed E-state index contributed by atoms with van der Waals surface area (Å²) >= 11 is 0. The molecule has 4 rings (SSSR count). The molecule has 0 aromatic carbocycles. The Bertz CT molecular complexity index is 812. The van der Waals surface area contributed by atoms with Crippen molar-refractivity contribution in [3.05, 3.63) is 35.4 Å². The summed E-state index contributed by atoms with van der Waals surface area (Å²) in [5, 5.41) is 9.98. The molecule has 9 nitrogen and oxygen atoms in total. The number of nitrogens with zero attached hydrogens (tertiary/aromatic N) is 5. The minimum absolute atomic E-state index is 0.208. The van der Waals surface area contributed by atoms with Crippen molar-refractivity contribution in [3.8, 4) is 0 Å². The third-order valence-electron chi connectivity index (χ3n) is 5.13. The van der Waals surface area contributed by atoms with Gasteiger partial charge in [-0.25, -0.2) is 11.6 Å². The summed E-state index contributed by atoms with van der Waals surface area (Å²) in [6.07, 6.45) is 2.93. The SMILES string of the molecule is [C-]#[N+]C1(c2cc(N3CCOC[C@H]3C)nc(Nc3ccn[nH]3)n2)CCOCC1. The molecule has 9 heteroatoms. The van der Waals surface area contributed by atoms with Crippen LogP contribution in [0.4, 0.5) is 17.6 Å². The number of morpholine rings is 1. The van der Waals surface area contributed by atoms with Crippen LogP contribution in [-0.2, 0) is 15.0 Å². The number of anilines is 3. The number of hydrogen-bond donors (Lipinski definition) is 2. The second-order valence-corrected chi connectivity index (χ2v) is 6.90. The molecule has 0 unspecified atom stereocenters. The van der Waals surface area contributed by atoms with E-state index in [9.17, 15) is 0 Å². The van der Waals surface area contributed by atoms with Crippen LogP contribution in [0.3, 0.4) is 0 Å². The highest BCUT2D eigenvalue weighted by molar-refractivity contribution is 5.53. The van der Waals surface area contributed by atoms with Gasteiger partial charge in [0.1, 0.15) is 17.3 Å². The molecule has 2 aromatic heterocycles. The van der Waals surface area contributed by atoms with Crippen molar-refractivity contribution in [3.63, 3.8) is 0 Å². The Balaban J connectivity index is 1.75. The molecule has 142 valence electrons. The van der Waals surface area contributed by atoms with E-state index in [0.717, 1.165) is 18.1 Å². The Morgan fingerprint density at radius 1 is 1.30 bits per heavy atom. The summed E-state index contributed by atoms with van der Waals surface area (Å²) in [5.41, 5.74) is 0.0714. The van der Waals surface area contributed by atoms with Crippen molar-refractivity contribution in [2.75, 3.05) is 43.2 Å². The molecule has 0 spiro atoms. The van der Waals surface area contributed by atoms with Crippen LogP contribution in [0.25, 0.3) is 4.85 Å². The minimum atomic E-state index is -0.671. The maximum Gasteiger partial charge on any atom is 0.278 e. The monoisotopic (exact) mass is 369 g/mol. The fraction of sp³-hybridized carbons (Fsp3) is 0.556. The first-order valence-electron chi connectivity index (χ1n) is 9.17. The molecule has 4 heterocycles. The highest BCUT2D eigenvalue weighted by Gasteiger charge is 2.43. The van der Waals surface area contributed by atoms with Crippen LogP contribution in [0.1, 0.15) is 25.5 Å². The van der Waals surface area contributed by atoms with Crippen LogP contribution in [0.15, 0.2) is 18.3 Å². The van der Waals surface area contributed by atoms with E-state index in [1.54, 1.807) is 6.20 Å². The minimum Gasteiger partial charge on any atom is -0.381 e. The van der Waals surface area contributed by atoms with Crippen molar-refractivity contribution in [1.29, 1.82) is 0 Å². The van der Waals surface area contributed by atoms with E-state index in [1.165, 1.54) is 0 Å². The maximum atomic E-state index is 7.84. The van der Waals surface area contributed by atoms with Crippen molar-refractivity contribution in [2.45, 2.75) is 31.3 Å². The van der Waals surface area contributed by atoms with Crippen LogP contribution >= 0.6 is 0 Å². The molecule has 2 fully saturated rings. The van der Waals surface area contributed by atoms with Crippen LogP contribution in [0.2, 0.25) is 0 Å². The van der Waals surface area contributed by atoms with E-state index in [2.05, 4.69) is 32.2 Å². The Labute approximate surface area is 157 Å². The summed E-state index contributed by atoms with van der Waals surface area (Å²) in [5.74, 6) is 1.98. The summed E-state index contributed by atoms with van der Waals surface area (Å²) in [4.78, 5) is 15.6. The van der Waals surface area contributed by atoms with E-state index in [4.69, 9.17) is 26.0 Å². The van der Waals surface area contributed by atoms with Gasteiger partial charge in [-0.15, -0.1) is 0 Å². The number of hydrogen-bond acceptors (Lipinski definition) is 7. The molecule has 1 atom stereocenters. The van der Waals surface area contributed by atoms with Gasteiger partial charge in [0.15, 0.2) is 0 Å². The molecule has 0 amide bonds. The van der Waals surface area contributed by atoms with Gasteiger partial charge >= 0.3 is 0 Å². The molecule has 2 aliphatic rings. The Morgan fingerprint density at radius 3 is 2.85 bits per heavy atom. The quantitative estimate of drug-likeness (QED) is 0.797. The average Bonchev–Trinajstić information content (AvgIpc) is 3.21. The van der Waals surface area contributed by atoms with Crippen LogP contribution in [0, 0.1) is 6.57 Å². The number of rotatable bonds is 4. The lowest BCUT2D eigenvalue weighted by molar-refractivity contribution is 0.0634. The molecule has 2 N–H and O–H groups in total. The molecule has 0 radical (unpaired) electrons. The van der Waals surface area contributed by atoms with Gasteiger partial charge in [0.2, 0.25) is 5.95 Å². The van der Waals surface area contributed by atoms with Crippen molar-refractivity contribution in [2.24, 2.45) is 0 Å². The van der Waals surface area contributed by atoms with Crippen molar-refractivity contribution >= 4 is 17.6 Å². The topological polar surface area (TPSA) is 92.6 Å². The molecule has 0 saturated carbocycles. The lowest BCUT2D eigenvalue weighted by Gasteiger charge is -2.35. The first-order valence-corrected chi connectivity index (χ1v) is 9.17. The molecular weight excluding hydrogens is 346 g/mol. The van der Waals surface area contributed by atoms with Gasteiger partial charge in [-0.05, 0) is 6.92 Å². The number of aromatic amines is 1. The fourth-order valence-electron chi connectivity index (χ4n) is 3.52. The van der Waals surface area contributed by atoms with E-state index < -0.39 is 5.54 Å². The van der Waals surface area contributed by atoms with E-state index in [0.29, 0.717) is 51.0 Å². The average molecular weight is 369 g/mol. The zero-order valence-electron chi connectivity index (χ0n) is 15.3. The third kappa shape index (κ3) is 3.59. The second kappa shape index (κ2) is 7.50. The van der Waals surface area contributed by atoms with Gasteiger partial charge in [-0.2, -0.15) is 10.1 Å². The Hall–Kier alpha value is -2.70. The zero-order valence-corrected chi connectivity index (χ0v) is 15.3. The van der Waals surface area contributed by atoms with Crippen LogP contribution in [0.5, 0.6) is 0 Å². The molecular formula is C18H23N7O2. The van der Waals surface area contributed by atoms with Crippen molar-refractivity contribution in [1.82, 2.24) is 20.2 Å². The van der Waals surface area contributed by atoms with E-state index in [1.807, 2.05) is 12.1 Å². The smallest absolute Gasteiger partial charge is 0.278 e. The summed E-state index contributed by atoms with van der Waals surface area (Å²) in [6, 6.07) is 3.98. The van der Waals surface area contributed by atoms with Crippen molar-refractivity contribution < 1.29 is 9.47 Å². The van der Waals surface area contributed by atoms with Gasteiger partial charge < -0.3 is 24.5 Å². The highest BCUT2D eigenvalue weighted by Crippen LogP contribution is 2.37. The first-order chi connectivity index (χ1) is 13.2. The summed E-state index contributed by atoms with van der Waals surface area (Å²) < 4.78 is 11.0. The summed E-state index contributed by atoms with van der Waals surface area (Å²) in [6.45, 7) is 13.2. The Kier molecular flexibility index (Phi) is 4.92. The second-order valence-electron chi connectivity index (χ2n) is 6.90.